The second-order valence-corrected chi connectivity index (χ2v) is 3.94. The van der Waals surface area contributed by atoms with Crippen molar-refractivity contribution < 1.29 is 19.1 Å². The molecule has 0 unspecified atom stereocenters. The lowest BCUT2D eigenvalue weighted by molar-refractivity contribution is -0.137. The molecule has 2 rings (SSSR count). The Balaban J connectivity index is 2.21. The molecule has 1 N–H and O–H groups in total. The zero-order valence-electron chi connectivity index (χ0n) is 9.73. The first-order valence-electron chi connectivity index (χ1n) is 5.36. The van der Waals surface area contributed by atoms with Crippen LogP contribution in [0.15, 0.2) is 24.3 Å². The number of carbonyl (C=O) groups excluding carboxylic acids is 3. The minimum absolute atomic E-state index is 0.244. The molecule has 18 heavy (non-hydrogen) atoms. The average molecular weight is 245 g/mol. The first-order valence-corrected chi connectivity index (χ1v) is 5.36. The molecule has 0 saturated carbocycles. The molecular formula is C13H11NO4. The van der Waals surface area contributed by atoms with E-state index < -0.39 is 5.97 Å². The summed E-state index contributed by atoms with van der Waals surface area (Å²) in [6.07, 6.45) is 0.464. The quantitative estimate of drug-likeness (QED) is 0.386. The van der Waals surface area contributed by atoms with E-state index in [1.165, 1.54) is 6.92 Å². The van der Waals surface area contributed by atoms with Gasteiger partial charge < -0.3 is 9.72 Å². The molecule has 1 heterocycles. The average Bonchev–Trinajstić information content (AvgIpc) is 2.69. The second-order valence-electron chi connectivity index (χ2n) is 3.94. The highest BCUT2D eigenvalue weighted by molar-refractivity contribution is 5.95. The van der Waals surface area contributed by atoms with E-state index in [-0.39, 0.29) is 12.2 Å². The van der Waals surface area contributed by atoms with Gasteiger partial charge in [0.15, 0.2) is 6.29 Å². The molecule has 0 aliphatic rings. The number of esters is 1. The molecular weight excluding hydrogens is 234 g/mol. The molecule has 1 aromatic carbocycles. The number of benzene rings is 1. The zero-order chi connectivity index (χ0) is 13.1. The van der Waals surface area contributed by atoms with Crippen molar-refractivity contribution in [3.63, 3.8) is 0 Å². The molecule has 0 amide bonds. The summed E-state index contributed by atoms with van der Waals surface area (Å²) in [5.41, 5.74) is 1.24. The predicted octanol–water partition coefficient (Wildman–Crippen LogP) is 1.86. The van der Waals surface area contributed by atoms with Crippen molar-refractivity contribution in [2.24, 2.45) is 0 Å². The molecule has 2 aromatic rings. The Morgan fingerprint density at radius 3 is 2.78 bits per heavy atom. The Labute approximate surface area is 103 Å². The number of hydrogen-bond acceptors (Lipinski definition) is 4. The maximum Gasteiger partial charge on any atom is 0.318 e. The lowest BCUT2D eigenvalue weighted by atomic mass is 10.2. The number of hydrogen-bond donors (Lipinski definition) is 1. The smallest absolute Gasteiger partial charge is 0.318 e. The predicted molar refractivity (Wildman–Crippen MR) is 64.6 cm³/mol. The van der Waals surface area contributed by atoms with Crippen LogP contribution in [0.4, 0.5) is 0 Å². The molecule has 5 nitrogen and oxygen atoms in total. The SMILES string of the molecule is CC(=O)CC(=O)Oc1ccc2[nH]c(C=O)cc2c1. The van der Waals surface area contributed by atoms with E-state index >= 15 is 0 Å². The van der Waals surface area contributed by atoms with Gasteiger partial charge in [-0.2, -0.15) is 0 Å². The third-order valence-corrected chi connectivity index (χ3v) is 2.36. The molecule has 0 radical (unpaired) electrons. The van der Waals surface area contributed by atoms with E-state index in [9.17, 15) is 14.4 Å². The molecule has 0 saturated heterocycles. The topological polar surface area (TPSA) is 76.2 Å². The van der Waals surface area contributed by atoms with Crippen LogP contribution in [0, 0.1) is 0 Å². The Kier molecular flexibility index (Phi) is 3.23. The van der Waals surface area contributed by atoms with Crippen LogP contribution in [0.1, 0.15) is 23.8 Å². The van der Waals surface area contributed by atoms with Crippen LogP contribution in [0.5, 0.6) is 5.75 Å². The highest BCUT2D eigenvalue weighted by Crippen LogP contribution is 2.21. The van der Waals surface area contributed by atoms with E-state index in [1.807, 2.05) is 0 Å². The van der Waals surface area contributed by atoms with Crippen molar-refractivity contribution in [1.29, 1.82) is 0 Å². The fourth-order valence-corrected chi connectivity index (χ4v) is 1.63. The first-order chi connectivity index (χ1) is 8.58. The molecule has 0 fully saturated rings. The number of ketones is 1. The number of rotatable bonds is 4. The minimum Gasteiger partial charge on any atom is -0.426 e. The summed E-state index contributed by atoms with van der Waals surface area (Å²) in [7, 11) is 0. The molecule has 5 heteroatoms. The van der Waals surface area contributed by atoms with Crippen LogP contribution < -0.4 is 4.74 Å². The molecule has 0 bridgehead atoms. The van der Waals surface area contributed by atoms with Crippen molar-refractivity contribution in [2.45, 2.75) is 13.3 Å². The fraction of sp³-hybridized carbons (Fsp3) is 0.154. The molecule has 1 aromatic heterocycles. The van der Waals surface area contributed by atoms with Crippen molar-refractivity contribution >= 4 is 28.9 Å². The van der Waals surface area contributed by atoms with Gasteiger partial charge in [-0.05, 0) is 31.2 Å². The lowest BCUT2D eigenvalue weighted by Gasteiger charge is -2.02. The summed E-state index contributed by atoms with van der Waals surface area (Å²) in [5, 5.41) is 0.769. The summed E-state index contributed by atoms with van der Waals surface area (Å²) >= 11 is 0. The second kappa shape index (κ2) is 4.83. The fourth-order valence-electron chi connectivity index (χ4n) is 1.63. The Bertz CT molecular complexity index is 627. The summed E-state index contributed by atoms with van der Waals surface area (Å²) < 4.78 is 5.01. The highest BCUT2D eigenvalue weighted by atomic mass is 16.5. The summed E-state index contributed by atoms with van der Waals surface area (Å²) in [4.78, 5) is 35.6. The molecule has 0 aliphatic heterocycles. The van der Waals surface area contributed by atoms with Gasteiger partial charge in [0, 0.05) is 10.9 Å². The first kappa shape index (κ1) is 12.0. The summed E-state index contributed by atoms with van der Waals surface area (Å²) in [6.45, 7) is 1.33. The maximum absolute atomic E-state index is 11.3. The van der Waals surface area contributed by atoms with Crippen LogP contribution >= 0.6 is 0 Å². The number of fused-ring (bicyclic) bond motifs is 1. The number of Topliss-reactive ketones (excluding diaryl/α,β-unsaturated/α-hetero) is 1. The number of H-pyrrole nitrogens is 1. The van der Waals surface area contributed by atoms with Crippen LogP contribution in [0.25, 0.3) is 10.9 Å². The Hall–Kier alpha value is -2.43. The number of aldehydes is 1. The minimum atomic E-state index is -0.590. The highest BCUT2D eigenvalue weighted by Gasteiger charge is 2.09. The number of ether oxygens (including phenoxy) is 1. The van der Waals surface area contributed by atoms with Gasteiger partial charge in [0.25, 0.3) is 0 Å². The molecule has 0 atom stereocenters. The van der Waals surface area contributed by atoms with Gasteiger partial charge in [0.2, 0.25) is 0 Å². The summed E-state index contributed by atoms with van der Waals surface area (Å²) in [6, 6.07) is 6.60. The van der Waals surface area contributed by atoms with Crippen LogP contribution in [-0.4, -0.2) is 23.0 Å². The Morgan fingerprint density at radius 1 is 1.33 bits per heavy atom. The van der Waals surface area contributed by atoms with Crippen LogP contribution in [-0.2, 0) is 9.59 Å². The number of aromatic nitrogens is 1. The van der Waals surface area contributed by atoms with Gasteiger partial charge in [-0.15, -0.1) is 0 Å². The third kappa shape index (κ3) is 2.63. The van der Waals surface area contributed by atoms with Gasteiger partial charge in [-0.25, -0.2) is 0 Å². The zero-order valence-corrected chi connectivity index (χ0v) is 9.73. The van der Waals surface area contributed by atoms with Gasteiger partial charge in [0.1, 0.15) is 18.0 Å². The third-order valence-electron chi connectivity index (χ3n) is 2.36. The van der Waals surface area contributed by atoms with Gasteiger partial charge in [-0.1, -0.05) is 0 Å². The van der Waals surface area contributed by atoms with Crippen molar-refractivity contribution in [3.05, 3.63) is 30.0 Å². The summed E-state index contributed by atoms with van der Waals surface area (Å²) in [5.74, 6) is -0.482. The number of nitrogens with one attached hydrogen (secondary N) is 1. The molecule has 0 spiro atoms. The number of carbonyl (C=O) groups is 3. The molecule has 92 valence electrons. The van der Waals surface area contributed by atoms with Crippen molar-refractivity contribution in [1.82, 2.24) is 4.98 Å². The Morgan fingerprint density at radius 2 is 2.11 bits per heavy atom. The largest absolute Gasteiger partial charge is 0.426 e. The lowest BCUT2D eigenvalue weighted by Crippen LogP contribution is -2.11. The van der Waals surface area contributed by atoms with Crippen LogP contribution in [0.2, 0.25) is 0 Å². The van der Waals surface area contributed by atoms with Crippen LogP contribution in [0.3, 0.4) is 0 Å². The van der Waals surface area contributed by atoms with Gasteiger partial charge >= 0.3 is 5.97 Å². The van der Waals surface area contributed by atoms with Crippen molar-refractivity contribution in [2.75, 3.05) is 0 Å². The maximum atomic E-state index is 11.3. The standard InChI is InChI=1S/C13H11NO4/c1-8(16)4-13(17)18-11-2-3-12-9(6-11)5-10(7-15)14-12/h2-3,5-7,14H,4H2,1H3. The van der Waals surface area contributed by atoms with E-state index in [0.29, 0.717) is 17.7 Å². The van der Waals surface area contributed by atoms with E-state index in [0.717, 1.165) is 10.9 Å². The van der Waals surface area contributed by atoms with E-state index in [2.05, 4.69) is 4.98 Å². The van der Waals surface area contributed by atoms with Crippen molar-refractivity contribution in [3.8, 4) is 5.75 Å². The molecule has 0 aliphatic carbocycles. The normalized spacial score (nSPS) is 10.3. The monoisotopic (exact) mass is 245 g/mol. The van der Waals surface area contributed by atoms with Gasteiger partial charge in [0.05, 0.1) is 5.69 Å². The number of aromatic amines is 1. The van der Waals surface area contributed by atoms with E-state index in [4.69, 9.17) is 4.74 Å². The van der Waals surface area contributed by atoms with Gasteiger partial charge in [-0.3, -0.25) is 14.4 Å². The van der Waals surface area contributed by atoms with E-state index in [1.54, 1.807) is 24.3 Å².